The quantitative estimate of drug-likeness (QED) is 0.603. The number of ether oxygens (including phenoxy) is 1. The van der Waals surface area contributed by atoms with E-state index in [4.69, 9.17) is 4.74 Å². The Morgan fingerprint density at radius 3 is 2.90 bits per heavy atom. The van der Waals surface area contributed by atoms with Crippen LogP contribution in [0.1, 0.15) is 30.8 Å². The zero-order valence-electron chi connectivity index (χ0n) is 12.6. The van der Waals surface area contributed by atoms with Crippen LogP contribution in [0.4, 0.5) is 0 Å². The lowest BCUT2D eigenvalue weighted by Gasteiger charge is -2.05. The van der Waals surface area contributed by atoms with Crippen molar-refractivity contribution < 1.29 is 9.53 Å². The number of carbonyl (C=O) groups is 1. The molecule has 0 fully saturated rings. The number of amides is 1. The third-order valence-electron chi connectivity index (χ3n) is 2.78. The molecule has 1 aromatic rings. The predicted molar refractivity (Wildman–Crippen MR) is 76.6 cm³/mol. The Kier molecular flexibility index (Phi) is 7.82. The standard InChI is InChI=1S/C13H25N5O2/c1-11(2)4-8-18-10-12(16-17-18)13(19)15-6-5-14-7-9-20-3/h10-11,14H,4-9H2,1-3H3,(H,15,19). The molecule has 2 N–H and O–H groups in total. The maximum atomic E-state index is 11.8. The van der Waals surface area contributed by atoms with E-state index in [1.807, 2.05) is 0 Å². The summed E-state index contributed by atoms with van der Waals surface area (Å²) < 4.78 is 6.62. The summed E-state index contributed by atoms with van der Waals surface area (Å²) in [5.74, 6) is 0.420. The highest BCUT2D eigenvalue weighted by Crippen LogP contribution is 2.02. The van der Waals surface area contributed by atoms with Crippen LogP contribution in [-0.2, 0) is 11.3 Å². The van der Waals surface area contributed by atoms with Crippen LogP contribution in [0.25, 0.3) is 0 Å². The lowest BCUT2D eigenvalue weighted by atomic mass is 10.1. The summed E-state index contributed by atoms with van der Waals surface area (Å²) in [7, 11) is 1.66. The van der Waals surface area contributed by atoms with Crippen molar-refractivity contribution in [1.29, 1.82) is 0 Å². The maximum absolute atomic E-state index is 11.8. The van der Waals surface area contributed by atoms with Gasteiger partial charge in [-0.05, 0) is 12.3 Å². The first kappa shape index (κ1) is 16.6. The molecule has 0 saturated carbocycles. The Labute approximate surface area is 120 Å². The van der Waals surface area contributed by atoms with Crippen molar-refractivity contribution in [3.05, 3.63) is 11.9 Å². The highest BCUT2D eigenvalue weighted by Gasteiger charge is 2.09. The van der Waals surface area contributed by atoms with E-state index in [1.54, 1.807) is 18.0 Å². The van der Waals surface area contributed by atoms with Gasteiger partial charge in [0.05, 0.1) is 12.8 Å². The summed E-state index contributed by atoms with van der Waals surface area (Å²) in [5, 5.41) is 13.8. The van der Waals surface area contributed by atoms with E-state index in [2.05, 4.69) is 34.8 Å². The van der Waals surface area contributed by atoms with Crippen molar-refractivity contribution in [2.45, 2.75) is 26.8 Å². The van der Waals surface area contributed by atoms with Crippen LogP contribution >= 0.6 is 0 Å². The fourth-order valence-electron chi connectivity index (χ4n) is 1.56. The highest BCUT2D eigenvalue weighted by atomic mass is 16.5. The van der Waals surface area contributed by atoms with Gasteiger partial charge in [-0.2, -0.15) is 0 Å². The summed E-state index contributed by atoms with van der Waals surface area (Å²) in [5.41, 5.74) is 0.366. The van der Waals surface area contributed by atoms with Gasteiger partial charge in [0.1, 0.15) is 0 Å². The Morgan fingerprint density at radius 2 is 2.20 bits per heavy atom. The molecule has 0 aliphatic rings. The minimum atomic E-state index is -0.186. The lowest BCUT2D eigenvalue weighted by Crippen LogP contribution is -2.33. The van der Waals surface area contributed by atoms with Crippen LogP contribution in [0.3, 0.4) is 0 Å². The number of nitrogens with one attached hydrogen (secondary N) is 2. The molecule has 20 heavy (non-hydrogen) atoms. The molecular weight excluding hydrogens is 258 g/mol. The van der Waals surface area contributed by atoms with Crippen LogP contribution in [-0.4, -0.2) is 54.3 Å². The number of hydrogen-bond acceptors (Lipinski definition) is 5. The van der Waals surface area contributed by atoms with Crippen molar-refractivity contribution in [2.24, 2.45) is 5.92 Å². The van der Waals surface area contributed by atoms with Crippen molar-refractivity contribution >= 4 is 5.91 Å². The molecule has 1 heterocycles. The SMILES string of the molecule is COCCNCCNC(=O)c1cn(CCC(C)C)nn1. The summed E-state index contributed by atoms with van der Waals surface area (Å²) in [6.07, 6.45) is 2.71. The predicted octanol–water partition coefficient (Wildman–Crippen LogP) is 0.290. The Morgan fingerprint density at radius 1 is 1.40 bits per heavy atom. The van der Waals surface area contributed by atoms with Gasteiger partial charge in [0.2, 0.25) is 0 Å². The second-order valence-electron chi connectivity index (χ2n) is 5.05. The molecule has 0 radical (unpaired) electrons. The minimum absolute atomic E-state index is 0.186. The largest absolute Gasteiger partial charge is 0.383 e. The molecule has 1 rings (SSSR count). The molecule has 0 saturated heterocycles. The van der Waals surface area contributed by atoms with Crippen molar-refractivity contribution in [3.8, 4) is 0 Å². The van der Waals surface area contributed by atoms with Gasteiger partial charge in [-0.25, -0.2) is 0 Å². The summed E-state index contributed by atoms with van der Waals surface area (Å²) in [6.45, 7) is 7.80. The van der Waals surface area contributed by atoms with E-state index in [-0.39, 0.29) is 5.91 Å². The lowest BCUT2D eigenvalue weighted by molar-refractivity contribution is 0.0948. The number of carbonyl (C=O) groups excluding carboxylic acids is 1. The van der Waals surface area contributed by atoms with Crippen molar-refractivity contribution in [2.75, 3.05) is 33.4 Å². The molecule has 1 aromatic heterocycles. The monoisotopic (exact) mass is 283 g/mol. The third kappa shape index (κ3) is 6.63. The smallest absolute Gasteiger partial charge is 0.273 e. The van der Waals surface area contributed by atoms with Gasteiger partial charge >= 0.3 is 0 Å². The first-order valence-electron chi connectivity index (χ1n) is 7.01. The van der Waals surface area contributed by atoms with Crippen LogP contribution in [0, 0.1) is 5.92 Å². The van der Waals surface area contributed by atoms with E-state index in [0.29, 0.717) is 31.3 Å². The zero-order valence-corrected chi connectivity index (χ0v) is 12.6. The molecule has 0 bridgehead atoms. The van der Waals surface area contributed by atoms with Gasteiger partial charge < -0.3 is 15.4 Å². The Hall–Kier alpha value is -1.47. The van der Waals surface area contributed by atoms with E-state index >= 15 is 0 Å². The van der Waals surface area contributed by atoms with Crippen LogP contribution in [0.15, 0.2) is 6.20 Å². The fraction of sp³-hybridized carbons (Fsp3) is 0.769. The van der Waals surface area contributed by atoms with E-state index in [9.17, 15) is 4.79 Å². The van der Waals surface area contributed by atoms with E-state index < -0.39 is 0 Å². The molecule has 0 aliphatic heterocycles. The summed E-state index contributed by atoms with van der Waals surface area (Å²) in [4.78, 5) is 11.8. The van der Waals surface area contributed by atoms with E-state index in [0.717, 1.165) is 19.5 Å². The average Bonchev–Trinajstić information content (AvgIpc) is 2.89. The molecule has 7 heteroatoms. The number of methoxy groups -OCH3 is 1. The first-order chi connectivity index (χ1) is 9.63. The van der Waals surface area contributed by atoms with Gasteiger partial charge in [-0.15, -0.1) is 5.10 Å². The average molecular weight is 283 g/mol. The summed E-state index contributed by atoms with van der Waals surface area (Å²) >= 11 is 0. The molecule has 0 atom stereocenters. The van der Waals surface area contributed by atoms with E-state index in [1.165, 1.54) is 0 Å². The molecule has 1 amide bonds. The second kappa shape index (κ2) is 9.44. The molecule has 0 unspecified atom stereocenters. The van der Waals surface area contributed by atoms with Crippen LogP contribution in [0.5, 0.6) is 0 Å². The number of aromatic nitrogens is 3. The molecule has 114 valence electrons. The first-order valence-corrected chi connectivity index (χ1v) is 7.01. The highest BCUT2D eigenvalue weighted by molar-refractivity contribution is 5.91. The van der Waals surface area contributed by atoms with Gasteiger partial charge in [-0.1, -0.05) is 19.1 Å². The van der Waals surface area contributed by atoms with Crippen molar-refractivity contribution in [3.63, 3.8) is 0 Å². The number of rotatable bonds is 10. The van der Waals surface area contributed by atoms with Crippen LogP contribution in [0.2, 0.25) is 0 Å². The minimum Gasteiger partial charge on any atom is -0.383 e. The molecular formula is C13H25N5O2. The van der Waals surface area contributed by atoms with Gasteiger partial charge in [0, 0.05) is 33.3 Å². The molecule has 0 aliphatic carbocycles. The third-order valence-corrected chi connectivity index (χ3v) is 2.78. The number of nitrogens with zero attached hydrogens (tertiary/aromatic N) is 3. The molecule has 0 aromatic carbocycles. The zero-order chi connectivity index (χ0) is 14.8. The maximum Gasteiger partial charge on any atom is 0.273 e. The van der Waals surface area contributed by atoms with Gasteiger partial charge in [-0.3, -0.25) is 9.48 Å². The number of hydrogen-bond donors (Lipinski definition) is 2. The molecule has 7 nitrogen and oxygen atoms in total. The van der Waals surface area contributed by atoms with Crippen LogP contribution < -0.4 is 10.6 Å². The molecule has 0 spiro atoms. The summed E-state index contributed by atoms with van der Waals surface area (Å²) in [6, 6.07) is 0. The number of aryl methyl sites for hydroxylation is 1. The Bertz CT molecular complexity index is 392. The topological polar surface area (TPSA) is 81.1 Å². The Balaban J connectivity index is 2.22. The second-order valence-corrected chi connectivity index (χ2v) is 5.05. The van der Waals surface area contributed by atoms with Crippen molar-refractivity contribution in [1.82, 2.24) is 25.6 Å². The normalized spacial score (nSPS) is 11.0. The van der Waals surface area contributed by atoms with Gasteiger partial charge in [0.15, 0.2) is 5.69 Å². The van der Waals surface area contributed by atoms with Gasteiger partial charge in [0.25, 0.3) is 5.91 Å². The fourth-order valence-corrected chi connectivity index (χ4v) is 1.56.